The van der Waals surface area contributed by atoms with Crippen LogP contribution in [0.1, 0.15) is 16.7 Å². The second kappa shape index (κ2) is 9.90. The maximum atomic E-state index is 11.8. The summed E-state index contributed by atoms with van der Waals surface area (Å²) in [7, 11) is 0. The van der Waals surface area contributed by atoms with Crippen molar-refractivity contribution in [1.82, 2.24) is 5.32 Å². The van der Waals surface area contributed by atoms with E-state index >= 15 is 0 Å². The molecule has 0 aromatic heterocycles. The molecule has 5 heteroatoms. The van der Waals surface area contributed by atoms with Crippen LogP contribution < -0.4 is 14.8 Å². The maximum absolute atomic E-state index is 11.8. The Morgan fingerprint density at radius 2 is 1.77 bits per heavy atom. The van der Waals surface area contributed by atoms with Crippen molar-refractivity contribution < 1.29 is 14.3 Å². The van der Waals surface area contributed by atoms with E-state index in [4.69, 9.17) is 14.7 Å². The molecule has 0 atom stereocenters. The van der Waals surface area contributed by atoms with Crippen LogP contribution >= 0.6 is 0 Å². The van der Waals surface area contributed by atoms with Crippen molar-refractivity contribution in [3.05, 3.63) is 65.2 Å². The Bertz CT molecular complexity index is 785. The minimum atomic E-state index is -0.182. The van der Waals surface area contributed by atoms with Crippen molar-refractivity contribution >= 4 is 12.0 Å². The molecule has 5 nitrogen and oxygen atoms in total. The number of hydrogen-bond donors (Lipinski definition) is 1. The molecule has 2 aromatic rings. The molecular weight excluding hydrogens is 328 g/mol. The van der Waals surface area contributed by atoms with Gasteiger partial charge in [-0.1, -0.05) is 18.2 Å². The van der Waals surface area contributed by atoms with Gasteiger partial charge in [-0.05, 0) is 60.9 Å². The van der Waals surface area contributed by atoms with E-state index in [2.05, 4.69) is 11.4 Å². The van der Waals surface area contributed by atoms with E-state index in [1.54, 1.807) is 18.2 Å². The Balaban J connectivity index is 1.72. The Hall–Kier alpha value is -3.26. The van der Waals surface area contributed by atoms with Gasteiger partial charge in [-0.25, -0.2) is 0 Å². The van der Waals surface area contributed by atoms with Crippen molar-refractivity contribution in [1.29, 1.82) is 5.26 Å². The molecule has 0 saturated carbocycles. The lowest BCUT2D eigenvalue weighted by molar-refractivity contribution is -0.116. The summed E-state index contributed by atoms with van der Waals surface area (Å²) >= 11 is 0. The number of aryl methyl sites for hydroxylation is 2. The molecule has 0 radical (unpaired) electrons. The van der Waals surface area contributed by atoms with Gasteiger partial charge in [0.2, 0.25) is 5.91 Å². The molecular formula is C21H22N2O3. The summed E-state index contributed by atoms with van der Waals surface area (Å²) in [6.45, 7) is 4.90. The first kappa shape index (κ1) is 19.1. The van der Waals surface area contributed by atoms with E-state index < -0.39 is 0 Å². The topological polar surface area (TPSA) is 71.3 Å². The summed E-state index contributed by atoms with van der Waals surface area (Å²) < 4.78 is 10.8. The molecule has 0 aliphatic carbocycles. The number of ether oxygens (including phenoxy) is 2. The zero-order valence-corrected chi connectivity index (χ0v) is 15.0. The lowest BCUT2D eigenvalue weighted by atomic mass is 10.1. The minimum absolute atomic E-state index is 0.0157. The average Bonchev–Trinajstić information content (AvgIpc) is 2.62. The lowest BCUT2D eigenvalue weighted by Crippen LogP contribution is -2.26. The quantitative estimate of drug-likeness (QED) is 0.585. The largest absolute Gasteiger partial charge is 0.492 e. The summed E-state index contributed by atoms with van der Waals surface area (Å²) in [5.74, 6) is 1.25. The van der Waals surface area contributed by atoms with Crippen LogP contribution in [0, 0.1) is 25.2 Å². The molecule has 0 aliphatic rings. The number of carbonyl (C=O) groups excluding carboxylic acids is 1. The van der Waals surface area contributed by atoms with E-state index in [1.165, 1.54) is 6.08 Å². The number of nitrogens with one attached hydrogen (secondary N) is 1. The predicted molar refractivity (Wildman–Crippen MR) is 101 cm³/mol. The SMILES string of the molecule is Cc1cc(C)cc(OCCNC(=O)/C=C/c2ccc(OCC#N)cc2)c1. The van der Waals surface area contributed by atoms with Gasteiger partial charge in [0.1, 0.15) is 24.2 Å². The zero-order valence-electron chi connectivity index (χ0n) is 15.0. The first-order valence-electron chi connectivity index (χ1n) is 8.33. The standard InChI is InChI=1S/C21H22N2O3/c1-16-13-17(2)15-20(14-16)26-12-10-23-21(24)8-5-18-3-6-19(7-4-18)25-11-9-22/h3-8,13-15H,10-12H2,1-2H3,(H,23,24)/b8-5+. The monoisotopic (exact) mass is 350 g/mol. The number of nitrogens with zero attached hydrogens (tertiary/aromatic N) is 1. The van der Waals surface area contributed by atoms with Crippen LogP contribution in [0.4, 0.5) is 0 Å². The maximum Gasteiger partial charge on any atom is 0.244 e. The van der Waals surface area contributed by atoms with Gasteiger partial charge in [0.05, 0.1) is 6.54 Å². The average molecular weight is 350 g/mol. The van der Waals surface area contributed by atoms with Crippen LogP contribution in [0.15, 0.2) is 48.5 Å². The van der Waals surface area contributed by atoms with E-state index in [0.717, 1.165) is 22.4 Å². The third kappa shape index (κ3) is 6.70. The van der Waals surface area contributed by atoms with Gasteiger partial charge in [0.25, 0.3) is 0 Å². The molecule has 0 heterocycles. The highest BCUT2D eigenvalue weighted by molar-refractivity contribution is 5.91. The molecule has 134 valence electrons. The molecule has 0 fully saturated rings. The third-order valence-electron chi connectivity index (χ3n) is 3.48. The third-order valence-corrected chi connectivity index (χ3v) is 3.48. The number of nitriles is 1. The molecule has 26 heavy (non-hydrogen) atoms. The van der Waals surface area contributed by atoms with E-state index in [9.17, 15) is 4.79 Å². The lowest BCUT2D eigenvalue weighted by Gasteiger charge is -2.08. The smallest absolute Gasteiger partial charge is 0.244 e. The van der Waals surface area contributed by atoms with E-state index in [-0.39, 0.29) is 12.5 Å². The fraction of sp³-hybridized carbons (Fsp3) is 0.238. The second-order valence-corrected chi connectivity index (χ2v) is 5.81. The Labute approximate surface area is 153 Å². The number of amides is 1. The van der Waals surface area contributed by atoms with Crippen LogP contribution in [0.2, 0.25) is 0 Å². The Morgan fingerprint density at radius 1 is 1.08 bits per heavy atom. The fourth-order valence-corrected chi connectivity index (χ4v) is 2.38. The number of carbonyl (C=O) groups is 1. The number of hydrogen-bond acceptors (Lipinski definition) is 4. The van der Waals surface area contributed by atoms with Crippen LogP contribution in [0.25, 0.3) is 6.08 Å². The number of benzene rings is 2. The van der Waals surface area contributed by atoms with E-state index in [0.29, 0.717) is 18.9 Å². The summed E-state index contributed by atoms with van der Waals surface area (Å²) in [6, 6.07) is 15.1. The first-order chi connectivity index (χ1) is 12.6. The highest BCUT2D eigenvalue weighted by Gasteiger charge is 1.99. The highest BCUT2D eigenvalue weighted by Crippen LogP contribution is 2.16. The Kier molecular flexibility index (Phi) is 7.26. The second-order valence-electron chi connectivity index (χ2n) is 5.81. The Morgan fingerprint density at radius 3 is 2.42 bits per heavy atom. The van der Waals surface area contributed by atoms with Gasteiger partial charge >= 0.3 is 0 Å². The molecule has 1 amide bonds. The van der Waals surface area contributed by atoms with Crippen molar-refractivity contribution in [2.75, 3.05) is 19.8 Å². The normalized spacial score (nSPS) is 10.3. The fourth-order valence-electron chi connectivity index (χ4n) is 2.38. The van der Waals surface area contributed by atoms with Gasteiger partial charge in [0.15, 0.2) is 6.61 Å². The minimum Gasteiger partial charge on any atom is -0.492 e. The molecule has 1 N–H and O–H groups in total. The van der Waals surface area contributed by atoms with Crippen LogP contribution in [-0.2, 0) is 4.79 Å². The molecule has 0 saturated heterocycles. The van der Waals surface area contributed by atoms with Gasteiger partial charge in [-0.15, -0.1) is 0 Å². The summed E-state index contributed by atoms with van der Waals surface area (Å²) in [4.78, 5) is 11.8. The summed E-state index contributed by atoms with van der Waals surface area (Å²) in [5, 5.41) is 11.2. The van der Waals surface area contributed by atoms with E-state index in [1.807, 2.05) is 44.2 Å². The van der Waals surface area contributed by atoms with Crippen molar-refractivity contribution in [2.24, 2.45) is 0 Å². The predicted octanol–water partition coefficient (Wildman–Crippen LogP) is 3.41. The molecule has 0 unspecified atom stereocenters. The van der Waals surface area contributed by atoms with Crippen molar-refractivity contribution in [2.45, 2.75) is 13.8 Å². The summed E-state index contributed by atoms with van der Waals surface area (Å²) in [6.07, 6.45) is 3.19. The molecule has 2 rings (SSSR count). The van der Waals surface area contributed by atoms with Gasteiger partial charge in [-0.3, -0.25) is 4.79 Å². The van der Waals surface area contributed by atoms with Crippen LogP contribution in [-0.4, -0.2) is 25.7 Å². The van der Waals surface area contributed by atoms with Crippen molar-refractivity contribution in [3.63, 3.8) is 0 Å². The highest BCUT2D eigenvalue weighted by atomic mass is 16.5. The van der Waals surface area contributed by atoms with Crippen LogP contribution in [0.5, 0.6) is 11.5 Å². The van der Waals surface area contributed by atoms with Crippen LogP contribution in [0.3, 0.4) is 0 Å². The molecule has 0 bridgehead atoms. The van der Waals surface area contributed by atoms with Crippen molar-refractivity contribution in [3.8, 4) is 17.6 Å². The summed E-state index contributed by atoms with van der Waals surface area (Å²) in [5.41, 5.74) is 3.17. The van der Waals surface area contributed by atoms with Gasteiger partial charge < -0.3 is 14.8 Å². The molecule has 0 aliphatic heterocycles. The number of rotatable bonds is 8. The first-order valence-corrected chi connectivity index (χ1v) is 8.33. The van der Waals surface area contributed by atoms with Gasteiger partial charge in [0, 0.05) is 6.08 Å². The molecule has 2 aromatic carbocycles. The van der Waals surface area contributed by atoms with Gasteiger partial charge in [-0.2, -0.15) is 5.26 Å². The zero-order chi connectivity index (χ0) is 18.8. The molecule has 0 spiro atoms.